The molecule has 1 aliphatic rings. The molecule has 1 fully saturated rings. The van der Waals surface area contributed by atoms with E-state index in [0.717, 1.165) is 11.0 Å². The minimum absolute atomic E-state index is 0.0628. The van der Waals surface area contributed by atoms with E-state index in [1.165, 1.54) is 6.07 Å². The Balaban J connectivity index is 1.80. The summed E-state index contributed by atoms with van der Waals surface area (Å²) in [7, 11) is -0.731. The monoisotopic (exact) mass is 388 g/mol. The SMILES string of the molecule is Cc1ccc(B2OC(c3ccccc3N=O)C(c3ccccc3[N+](=O)[O-])O2)cc1. The van der Waals surface area contributed by atoms with Crippen molar-refractivity contribution in [1.29, 1.82) is 0 Å². The fraction of sp³-hybridized carbons (Fsp3) is 0.143. The van der Waals surface area contributed by atoms with Crippen molar-refractivity contribution >= 4 is 24.0 Å². The lowest BCUT2D eigenvalue weighted by Gasteiger charge is -2.19. The van der Waals surface area contributed by atoms with Crippen LogP contribution in [0, 0.1) is 21.9 Å². The molecule has 29 heavy (non-hydrogen) atoms. The number of aryl methyl sites for hydroxylation is 1. The first-order chi connectivity index (χ1) is 14.1. The van der Waals surface area contributed by atoms with Crippen molar-refractivity contribution < 1.29 is 14.2 Å². The van der Waals surface area contributed by atoms with E-state index in [2.05, 4.69) is 5.18 Å². The zero-order valence-corrected chi connectivity index (χ0v) is 15.6. The van der Waals surface area contributed by atoms with Crippen LogP contribution in [0.1, 0.15) is 28.9 Å². The normalized spacial score (nSPS) is 18.6. The van der Waals surface area contributed by atoms with Crippen molar-refractivity contribution in [2.45, 2.75) is 19.1 Å². The van der Waals surface area contributed by atoms with Gasteiger partial charge in [-0.3, -0.25) is 10.1 Å². The molecular weight excluding hydrogens is 371 g/mol. The van der Waals surface area contributed by atoms with Gasteiger partial charge in [0.15, 0.2) is 0 Å². The highest BCUT2D eigenvalue weighted by atomic mass is 16.7. The van der Waals surface area contributed by atoms with Crippen molar-refractivity contribution in [3.63, 3.8) is 0 Å². The third-order valence-electron chi connectivity index (χ3n) is 4.95. The van der Waals surface area contributed by atoms with E-state index >= 15 is 0 Å². The van der Waals surface area contributed by atoms with E-state index in [0.29, 0.717) is 11.1 Å². The third kappa shape index (κ3) is 3.67. The summed E-state index contributed by atoms with van der Waals surface area (Å²) >= 11 is 0. The average Bonchev–Trinajstić information content (AvgIpc) is 3.19. The van der Waals surface area contributed by atoms with Crippen molar-refractivity contribution in [3.8, 4) is 0 Å². The number of hydrogen-bond donors (Lipinski definition) is 0. The summed E-state index contributed by atoms with van der Waals surface area (Å²) in [5.74, 6) is 0. The summed E-state index contributed by atoms with van der Waals surface area (Å²) in [6.07, 6.45) is -1.50. The number of hydrogen-bond acceptors (Lipinski definition) is 6. The fourth-order valence-corrected chi connectivity index (χ4v) is 3.50. The van der Waals surface area contributed by atoms with Crippen LogP contribution in [0.25, 0.3) is 0 Å². The summed E-state index contributed by atoms with van der Waals surface area (Å²) in [4.78, 5) is 22.5. The molecule has 0 aromatic heterocycles. The number of nitro groups is 1. The topological polar surface area (TPSA) is 91.0 Å². The summed E-state index contributed by atoms with van der Waals surface area (Å²) in [5, 5.41) is 14.7. The minimum atomic E-state index is -0.772. The maximum atomic E-state index is 11.6. The molecule has 0 radical (unpaired) electrons. The van der Waals surface area contributed by atoms with Crippen LogP contribution >= 0.6 is 0 Å². The van der Waals surface area contributed by atoms with E-state index in [-0.39, 0.29) is 11.4 Å². The molecule has 2 atom stereocenters. The first-order valence-corrected chi connectivity index (χ1v) is 9.11. The number of nitroso groups, excluding NO2 is 1. The molecule has 8 heteroatoms. The molecule has 1 saturated heterocycles. The van der Waals surface area contributed by atoms with Gasteiger partial charge in [-0.1, -0.05) is 60.2 Å². The Kier molecular flexibility index (Phi) is 5.20. The van der Waals surface area contributed by atoms with Crippen LogP contribution < -0.4 is 5.46 Å². The summed E-state index contributed by atoms with van der Waals surface area (Å²) in [5.41, 5.74) is 2.95. The molecule has 3 aromatic rings. The van der Waals surface area contributed by atoms with Gasteiger partial charge in [0.2, 0.25) is 0 Å². The van der Waals surface area contributed by atoms with Gasteiger partial charge in [-0.2, -0.15) is 0 Å². The highest BCUT2D eigenvalue weighted by Crippen LogP contribution is 2.46. The highest BCUT2D eigenvalue weighted by Gasteiger charge is 2.45. The average molecular weight is 388 g/mol. The van der Waals surface area contributed by atoms with Crippen LogP contribution in [0.3, 0.4) is 0 Å². The van der Waals surface area contributed by atoms with Crippen molar-refractivity contribution in [3.05, 3.63) is 105 Å². The Hall–Kier alpha value is -3.36. The van der Waals surface area contributed by atoms with Crippen LogP contribution in [0.15, 0.2) is 78.0 Å². The van der Waals surface area contributed by atoms with Gasteiger partial charge in [0.1, 0.15) is 11.8 Å². The van der Waals surface area contributed by atoms with Gasteiger partial charge in [0.25, 0.3) is 5.69 Å². The predicted octanol–water partition coefficient (Wildman–Crippen LogP) is 4.53. The molecule has 1 aliphatic heterocycles. The largest absolute Gasteiger partial charge is 0.494 e. The maximum Gasteiger partial charge on any atom is 0.494 e. The van der Waals surface area contributed by atoms with Crippen molar-refractivity contribution in [2.75, 3.05) is 0 Å². The van der Waals surface area contributed by atoms with Crippen molar-refractivity contribution in [2.24, 2.45) is 5.18 Å². The van der Waals surface area contributed by atoms with Crippen LogP contribution in [-0.4, -0.2) is 12.0 Å². The minimum Gasteiger partial charge on any atom is -0.397 e. The number of para-hydroxylation sites is 1. The molecule has 4 rings (SSSR count). The molecule has 2 unspecified atom stereocenters. The molecule has 0 bridgehead atoms. The first-order valence-electron chi connectivity index (χ1n) is 9.11. The molecular formula is C21H17BN2O5. The first kappa shape index (κ1) is 19.0. The second-order valence-corrected chi connectivity index (χ2v) is 6.82. The van der Waals surface area contributed by atoms with E-state index in [1.54, 1.807) is 42.5 Å². The predicted molar refractivity (Wildman–Crippen MR) is 109 cm³/mol. The number of nitrogens with zero attached hydrogens (tertiary/aromatic N) is 2. The van der Waals surface area contributed by atoms with Gasteiger partial charge in [-0.25, -0.2) is 0 Å². The molecule has 3 aromatic carbocycles. The van der Waals surface area contributed by atoms with Crippen LogP contribution in [0.2, 0.25) is 0 Å². The smallest absolute Gasteiger partial charge is 0.397 e. The molecule has 7 nitrogen and oxygen atoms in total. The lowest BCUT2D eigenvalue weighted by atomic mass is 9.79. The second kappa shape index (κ2) is 7.94. The van der Waals surface area contributed by atoms with Gasteiger partial charge >= 0.3 is 7.12 Å². The van der Waals surface area contributed by atoms with E-state index in [1.807, 2.05) is 31.2 Å². The lowest BCUT2D eigenvalue weighted by Crippen LogP contribution is -2.31. The Bertz CT molecular complexity index is 1060. The van der Waals surface area contributed by atoms with Crippen molar-refractivity contribution in [1.82, 2.24) is 0 Å². The Morgan fingerprint density at radius 3 is 2.14 bits per heavy atom. The van der Waals surface area contributed by atoms with Gasteiger partial charge in [0, 0.05) is 11.6 Å². The standard InChI is InChI=1S/C21H17BN2O5/c1-14-10-12-15(13-11-14)22-28-20(16-6-2-4-8-18(16)23-25)21(29-22)17-7-3-5-9-19(17)24(26)27/h2-13,20-21H,1H3. The molecule has 0 saturated carbocycles. The zero-order valence-electron chi connectivity index (χ0n) is 15.6. The Morgan fingerprint density at radius 1 is 0.897 bits per heavy atom. The molecule has 0 aliphatic carbocycles. The van der Waals surface area contributed by atoms with E-state index < -0.39 is 24.2 Å². The summed E-state index contributed by atoms with van der Waals surface area (Å²) in [6.45, 7) is 1.98. The fourth-order valence-electron chi connectivity index (χ4n) is 3.50. The second-order valence-electron chi connectivity index (χ2n) is 6.82. The van der Waals surface area contributed by atoms with Gasteiger partial charge in [-0.15, -0.1) is 4.91 Å². The molecule has 0 amide bonds. The van der Waals surface area contributed by atoms with Crippen LogP contribution in [0.5, 0.6) is 0 Å². The number of benzene rings is 3. The number of nitro benzene ring substituents is 1. The van der Waals surface area contributed by atoms with Gasteiger partial charge < -0.3 is 9.31 Å². The highest BCUT2D eigenvalue weighted by molar-refractivity contribution is 6.61. The quantitative estimate of drug-likeness (QED) is 0.277. The third-order valence-corrected chi connectivity index (χ3v) is 4.95. The molecule has 0 spiro atoms. The summed E-state index contributed by atoms with van der Waals surface area (Å²) in [6, 6.07) is 20.8. The zero-order chi connectivity index (χ0) is 20.4. The van der Waals surface area contributed by atoms with E-state index in [9.17, 15) is 15.0 Å². The lowest BCUT2D eigenvalue weighted by molar-refractivity contribution is -0.386. The van der Waals surface area contributed by atoms with Gasteiger partial charge in [0.05, 0.1) is 16.6 Å². The van der Waals surface area contributed by atoms with Gasteiger partial charge in [-0.05, 0) is 29.7 Å². The molecule has 1 heterocycles. The maximum absolute atomic E-state index is 11.6. The van der Waals surface area contributed by atoms with Crippen LogP contribution in [-0.2, 0) is 9.31 Å². The van der Waals surface area contributed by atoms with Crippen LogP contribution in [0.4, 0.5) is 11.4 Å². The summed E-state index contributed by atoms with van der Waals surface area (Å²) < 4.78 is 12.3. The number of rotatable bonds is 5. The van der Waals surface area contributed by atoms with E-state index in [4.69, 9.17) is 9.31 Å². The molecule has 0 N–H and O–H groups in total. The molecule has 144 valence electrons. The Morgan fingerprint density at radius 2 is 1.48 bits per heavy atom. The Labute approximate surface area is 167 Å².